The van der Waals surface area contributed by atoms with Crippen LogP contribution in [0.15, 0.2) is 6.20 Å². The Hall–Kier alpha value is -1.74. The van der Waals surface area contributed by atoms with Crippen molar-refractivity contribution in [2.45, 2.75) is 13.3 Å². The van der Waals surface area contributed by atoms with Crippen LogP contribution in [-0.4, -0.2) is 17.6 Å². The van der Waals surface area contributed by atoms with E-state index < -0.39 is 23.1 Å². The number of nitriles is 1. The van der Waals surface area contributed by atoms with Crippen LogP contribution in [0.5, 0.6) is 0 Å². The Morgan fingerprint density at radius 1 is 1.71 bits per heavy atom. The predicted molar refractivity (Wildman–Crippen MR) is 54.9 cm³/mol. The Balaban J connectivity index is 3.32. The minimum absolute atomic E-state index is 0.0952. The van der Waals surface area contributed by atoms with Crippen LogP contribution in [-0.2, 0) is 4.74 Å². The Morgan fingerprint density at radius 2 is 2.35 bits per heavy atom. The van der Waals surface area contributed by atoms with E-state index in [9.17, 15) is 13.6 Å². The van der Waals surface area contributed by atoms with Crippen LogP contribution in [0.2, 0.25) is 5.02 Å². The van der Waals surface area contributed by atoms with E-state index in [2.05, 4.69) is 9.72 Å². The van der Waals surface area contributed by atoms with E-state index in [4.69, 9.17) is 16.9 Å². The number of hydrogen-bond donors (Lipinski definition) is 0. The average molecular weight is 261 g/mol. The summed E-state index contributed by atoms with van der Waals surface area (Å²) in [4.78, 5) is 14.8. The second-order valence-corrected chi connectivity index (χ2v) is 3.26. The Morgan fingerprint density at radius 3 is 2.82 bits per heavy atom. The Kier molecular flexibility index (Phi) is 4.35. The SMILES string of the molecule is CCOC(=O)c1cnc(C(F)F)c(Cl)c1C#N. The zero-order chi connectivity index (χ0) is 13.0. The summed E-state index contributed by atoms with van der Waals surface area (Å²) in [5.74, 6) is -0.820. The minimum atomic E-state index is -2.91. The van der Waals surface area contributed by atoms with Gasteiger partial charge in [0.05, 0.1) is 22.8 Å². The van der Waals surface area contributed by atoms with Gasteiger partial charge in [-0.3, -0.25) is 4.98 Å². The van der Waals surface area contributed by atoms with Crippen LogP contribution in [0.25, 0.3) is 0 Å². The van der Waals surface area contributed by atoms with Crippen molar-refractivity contribution >= 4 is 17.6 Å². The molecule has 1 aromatic heterocycles. The molecule has 1 aromatic rings. The van der Waals surface area contributed by atoms with E-state index in [0.717, 1.165) is 6.20 Å². The summed E-state index contributed by atoms with van der Waals surface area (Å²) in [5.41, 5.74) is -1.30. The number of hydrogen-bond acceptors (Lipinski definition) is 4. The molecule has 0 fully saturated rings. The van der Waals surface area contributed by atoms with Crippen LogP contribution in [0, 0.1) is 11.3 Å². The summed E-state index contributed by atoms with van der Waals surface area (Å²) in [7, 11) is 0. The lowest BCUT2D eigenvalue weighted by Gasteiger charge is -2.07. The molecule has 1 heterocycles. The van der Waals surface area contributed by atoms with E-state index >= 15 is 0 Å². The highest BCUT2D eigenvalue weighted by Crippen LogP contribution is 2.29. The van der Waals surface area contributed by atoms with Crippen LogP contribution >= 0.6 is 11.6 Å². The van der Waals surface area contributed by atoms with Crippen LogP contribution in [0.1, 0.15) is 35.0 Å². The minimum Gasteiger partial charge on any atom is -0.462 e. The molecule has 4 nitrogen and oxygen atoms in total. The fourth-order valence-corrected chi connectivity index (χ4v) is 1.40. The van der Waals surface area contributed by atoms with Gasteiger partial charge in [-0.05, 0) is 6.92 Å². The fraction of sp³-hybridized carbons (Fsp3) is 0.300. The topological polar surface area (TPSA) is 63.0 Å². The normalized spacial score (nSPS) is 10.1. The molecule has 0 aliphatic carbocycles. The molecule has 90 valence electrons. The summed E-state index contributed by atoms with van der Waals surface area (Å²) in [6, 6.07) is 1.59. The number of halogens is 3. The maximum absolute atomic E-state index is 12.5. The number of alkyl halides is 2. The van der Waals surface area contributed by atoms with Gasteiger partial charge < -0.3 is 4.74 Å². The third-order valence-electron chi connectivity index (χ3n) is 1.86. The summed E-state index contributed by atoms with van der Waals surface area (Å²) < 4.78 is 29.6. The maximum atomic E-state index is 12.5. The van der Waals surface area contributed by atoms with Gasteiger partial charge >= 0.3 is 5.97 Å². The molecule has 0 spiro atoms. The first-order valence-electron chi connectivity index (χ1n) is 4.56. The van der Waals surface area contributed by atoms with E-state index in [1.807, 2.05) is 0 Å². The maximum Gasteiger partial charge on any atom is 0.341 e. The zero-order valence-corrected chi connectivity index (χ0v) is 9.46. The number of pyridine rings is 1. The molecular formula is C10H7ClF2N2O2. The average Bonchev–Trinajstić information content (AvgIpc) is 2.28. The van der Waals surface area contributed by atoms with E-state index in [1.165, 1.54) is 0 Å². The van der Waals surface area contributed by atoms with E-state index in [-0.39, 0.29) is 17.7 Å². The monoisotopic (exact) mass is 260 g/mol. The molecule has 0 saturated carbocycles. The van der Waals surface area contributed by atoms with Gasteiger partial charge in [-0.1, -0.05) is 11.6 Å². The molecule has 17 heavy (non-hydrogen) atoms. The van der Waals surface area contributed by atoms with Crippen molar-refractivity contribution in [2.24, 2.45) is 0 Å². The second-order valence-electron chi connectivity index (χ2n) is 2.88. The van der Waals surface area contributed by atoms with Crippen LogP contribution in [0.4, 0.5) is 8.78 Å². The van der Waals surface area contributed by atoms with Crippen molar-refractivity contribution in [3.8, 4) is 6.07 Å². The van der Waals surface area contributed by atoms with Crippen LogP contribution in [0.3, 0.4) is 0 Å². The number of esters is 1. The summed E-state index contributed by atoms with van der Waals surface area (Å²) >= 11 is 5.58. The second kappa shape index (κ2) is 5.55. The lowest BCUT2D eigenvalue weighted by Crippen LogP contribution is -2.09. The summed E-state index contributed by atoms with van der Waals surface area (Å²) in [5, 5.41) is 8.29. The van der Waals surface area contributed by atoms with Gasteiger partial charge in [-0.2, -0.15) is 5.26 Å². The van der Waals surface area contributed by atoms with Crippen molar-refractivity contribution in [1.29, 1.82) is 5.26 Å². The Labute approximate surface area is 101 Å². The van der Waals surface area contributed by atoms with Crippen molar-refractivity contribution < 1.29 is 18.3 Å². The molecule has 0 bridgehead atoms. The lowest BCUT2D eigenvalue weighted by atomic mass is 10.1. The van der Waals surface area contributed by atoms with Gasteiger partial charge in [0.1, 0.15) is 11.8 Å². The number of carbonyl (C=O) groups is 1. The van der Waals surface area contributed by atoms with Gasteiger partial charge in [-0.25, -0.2) is 13.6 Å². The highest BCUT2D eigenvalue weighted by atomic mass is 35.5. The van der Waals surface area contributed by atoms with E-state index in [1.54, 1.807) is 13.0 Å². The molecular weight excluding hydrogens is 254 g/mol. The fourth-order valence-electron chi connectivity index (χ4n) is 1.13. The number of carbonyl (C=O) groups excluding carboxylic acids is 1. The Bertz CT molecular complexity index is 486. The number of nitrogens with zero attached hydrogens (tertiary/aromatic N) is 2. The molecule has 0 radical (unpaired) electrons. The zero-order valence-electron chi connectivity index (χ0n) is 8.71. The predicted octanol–water partition coefficient (Wildman–Crippen LogP) is 2.72. The highest BCUT2D eigenvalue weighted by Gasteiger charge is 2.23. The molecule has 0 aliphatic rings. The van der Waals surface area contributed by atoms with E-state index in [0.29, 0.717) is 0 Å². The first-order valence-corrected chi connectivity index (χ1v) is 4.94. The molecule has 0 aromatic carbocycles. The van der Waals surface area contributed by atoms with Crippen LogP contribution < -0.4 is 0 Å². The lowest BCUT2D eigenvalue weighted by molar-refractivity contribution is 0.0525. The van der Waals surface area contributed by atoms with Gasteiger partial charge in [0.15, 0.2) is 0 Å². The van der Waals surface area contributed by atoms with Crippen molar-refractivity contribution in [3.63, 3.8) is 0 Å². The molecule has 0 atom stereocenters. The highest BCUT2D eigenvalue weighted by molar-refractivity contribution is 6.32. The van der Waals surface area contributed by atoms with Gasteiger partial charge in [-0.15, -0.1) is 0 Å². The molecule has 7 heteroatoms. The van der Waals surface area contributed by atoms with Gasteiger partial charge in [0.2, 0.25) is 0 Å². The molecule has 0 amide bonds. The summed E-state index contributed by atoms with van der Waals surface area (Å²) in [6.07, 6.45) is -2.05. The van der Waals surface area contributed by atoms with Gasteiger partial charge in [0, 0.05) is 6.20 Å². The first kappa shape index (κ1) is 13.3. The summed E-state index contributed by atoms with van der Waals surface area (Å²) in [6.45, 7) is 1.67. The molecule has 0 aliphatic heterocycles. The number of aromatic nitrogens is 1. The third-order valence-corrected chi connectivity index (χ3v) is 2.24. The van der Waals surface area contributed by atoms with Crippen molar-refractivity contribution in [3.05, 3.63) is 28.0 Å². The molecule has 1 rings (SSSR count). The largest absolute Gasteiger partial charge is 0.462 e. The van der Waals surface area contributed by atoms with Crippen molar-refractivity contribution in [2.75, 3.05) is 6.61 Å². The van der Waals surface area contributed by atoms with Gasteiger partial charge in [0.25, 0.3) is 6.43 Å². The standard InChI is InChI=1S/C10H7ClF2N2O2/c1-2-17-10(16)6-4-15-8(9(12)13)7(11)5(6)3-14/h4,9H,2H2,1H3. The number of rotatable bonds is 3. The number of ether oxygens (including phenoxy) is 1. The van der Waals surface area contributed by atoms with Crippen molar-refractivity contribution in [1.82, 2.24) is 4.98 Å². The molecule has 0 unspecified atom stereocenters. The molecule has 0 N–H and O–H groups in total. The molecule has 0 saturated heterocycles. The quantitative estimate of drug-likeness (QED) is 0.784. The smallest absolute Gasteiger partial charge is 0.341 e. The first-order chi connectivity index (χ1) is 8.02. The third kappa shape index (κ3) is 2.68.